The van der Waals surface area contributed by atoms with Crippen molar-refractivity contribution in [2.24, 2.45) is 0 Å². The van der Waals surface area contributed by atoms with Gasteiger partial charge in [-0.3, -0.25) is 14.4 Å². The second-order valence-electron chi connectivity index (χ2n) is 9.74. The number of ketones is 1. The Bertz CT molecular complexity index is 1830. The van der Waals surface area contributed by atoms with Gasteiger partial charge in [-0.1, -0.05) is 12.1 Å². The number of fused-ring (bicyclic) bond motifs is 1. The molecule has 1 fully saturated rings. The molecule has 0 atom stereocenters. The van der Waals surface area contributed by atoms with Gasteiger partial charge in [-0.15, -0.1) is 0 Å². The minimum Gasteiger partial charge on any atom is -0.496 e. The average Bonchev–Trinajstić information content (AvgIpc) is 3.39. The van der Waals surface area contributed by atoms with E-state index in [-0.39, 0.29) is 46.4 Å². The minimum absolute atomic E-state index is 0.0147. The molecule has 1 saturated heterocycles. The quantitative estimate of drug-likeness (QED) is 0.122. The highest BCUT2D eigenvalue weighted by atomic mass is 32.2. The van der Waals surface area contributed by atoms with Crippen LogP contribution in [0.3, 0.4) is 0 Å². The van der Waals surface area contributed by atoms with Gasteiger partial charge in [-0.2, -0.15) is 0 Å². The van der Waals surface area contributed by atoms with Gasteiger partial charge in [0.25, 0.3) is 0 Å². The van der Waals surface area contributed by atoms with Crippen LogP contribution in [0.5, 0.6) is 28.7 Å². The van der Waals surface area contributed by atoms with E-state index in [0.29, 0.717) is 40.0 Å². The van der Waals surface area contributed by atoms with Crippen LogP contribution in [0.15, 0.2) is 68.7 Å². The number of carbonyl (C=O) groups excluding carboxylic acids is 2. The lowest BCUT2D eigenvalue weighted by Gasteiger charge is -2.15. The number of nitrogens with one attached hydrogen (secondary N) is 1. The largest absolute Gasteiger partial charge is 0.496 e. The van der Waals surface area contributed by atoms with Gasteiger partial charge in [0.05, 0.1) is 39.8 Å². The minimum atomic E-state index is -0.402. The highest BCUT2D eigenvalue weighted by Gasteiger charge is 2.28. The van der Waals surface area contributed by atoms with Crippen molar-refractivity contribution in [1.82, 2.24) is 0 Å². The van der Waals surface area contributed by atoms with Crippen LogP contribution in [-0.2, 0) is 9.59 Å². The van der Waals surface area contributed by atoms with Gasteiger partial charge >= 0.3 is 0 Å². The van der Waals surface area contributed by atoms with E-state index in [1.54, 1.807) is 30.3 Å². The molecule has 0 aliphatic carbocycles. The maximum atomic E-state index is 13.9. The van der Waals surface area contributed by atoms with Gasteiger partial charge in [-0.25, -0.2) is 0 Å². The van der Waals surface area contributed by atoms with Gasteiger partial charge in [0, 0.05) is 29.9 Å². The van der Waals surface area contributed by atoms with Crippen molar-refractivity contribution in [1.29, 1.82) is 0 Å². The summed E-state index contributed by atoms with van der Waals surface area (Å²) in [6, 6.07) is 15.9. The van der Waals surface area contributed by atoms with Gasteiger partial charge in [0.2, 0.25) is 16.3 Å². The highest BCUT2D eigenvalue weighted by Crippen LogP contribution is 2.39. The molecule has 1 aliphatic rings. The molecule has 2 heterocycles. The summed E-state index contributed by atoms with van der Waals surface area (Å²) >= 11 is 1.00. The number of ether oxygens (including phenoxy) is 5. The summed E-state index contributed by atoms with van der Waals surface area (Å²) in [5.74, 6) is 1.83. The number of Topliss-reactive ketones (excluding diaryl/α,β-unsaturated/α-hetero) is 1. The van der Waals surface area contributed by atoms with Gasteiger partial charge in [-0.05, 0) is 60.2 Å². The third-order valence-electron chi connectivity index (χ3n) is 7.10. The highest BCUT2D eigenvalue weighted by molar-refractivity contribution is 8.18. The summed E-state index contributed by atoms with van der Waals surface area (Å²) in [6.45, 7) is 2.34. The first-order chi connectivity index (χ1) is 21.3. The lowest BCUT2D eigenvalue weighted by Crippen LogP contribution is -2.17. The van der Waals surface area contributed by atoms with Gasteiger partial charge in [0.1, 0.15) is 29.1 Å². The zero-order valence-corrected chi connectivity index (χ0v) is 25.7. The van der Waals surface area contributed by atoms with Crippen molar-refractivity contribution in [2.45, 2.75) is 13.3 Å². The van der Waals surface area contributed by atoms with Crippen LogP contribution >= 0.6 is 11.8 Å². The molecule has 1 N–H and O–H groups in total. The maximum absolute atomic E-state index is 13.9. The molecule has 0 amide bonds. The SMILES string of the molecule is COc1cc(OC)c2c(=O)c(OCCNc3ccc(/C(C)=C4\SC(=O)CC4=O)cc3)c(-c3ccc(OC)c(OC)c3)oc2c1. The molecular formula is C33H31NO9S. The van der Waals surface area contributed by atoms with E-state index < -0.39 is 5.43 Å². The molecule has 0 unspecified atom stereocenters. The van der Waals surface area contributed by atoms with Gasteiger partial charge in [0.15, 0.2) is 23.0 Å². The topological polar surface area (TPSA) is 123 Å². The summed E-state index contributed by atoms with van der Waals surface area (Å²) < 4.78 is 34.0. The number of benzene rings is 3. The molecular weight excluding hydrogens is 586 g/mol. The van der Waals surface area contributed by atoms with E-state index in [4.69, 9.17) is 28.1 Å². The molecule has 0 saturated carbocycles. The molecule has 10 nitrogen and oxygen atoms in total. The molecule has 5 rings (SSSR count). The van der Waals surface area contributed by atoms with Crippen molar-refractivity contribution >= 4 is 44.9 Å². The van der Waals surface area contributed by atoms with Crippen LogP contribution in [0.4, 0.5) is 5.69 Å². The van der Waals surface area contributed by atoms with E-state index in [0.717, 1.165) is 28.6 Å². The molecule has 1 aliphatic heterocycles. The molecule has 0 radical (unpaired) electrons. The molecule has 0 bridgehead atoms. The van der Waals surface area contributed by atoms with Crippen molar-refractivity contribution in [3.8, 4) is 40.1 Å². The summed E-state index contributed by atoms with van der Waals surface area (Å²) in [4.78, 5) is 38.1. The van der Waals surface area contributed by atoms with Crippen LogP contribution in [0.2, 0.25) is 0 Å². The number of methoxy groups -OCH3 is 4. The molecule has 11 heteroatoms. The predicted molar refractivity (Wildman–Crippen MR) is 169 cm³/mol. The third-order valence-corrected chi connectivity index (χ3v) is 8.21. The summed E-state index contributed by atoms with van der Waals surface area (Å²) in [6.07, 6.45) is -0.0543. The molecule has 3 aromatic carbocycles. The Labute approximate surface area is 257 Å². The van der Waals surface area contributed by atoms with E-state index >= 15 is 0 Å². The predicted octanol–water partition coefficient (Wildman–Crippen LogP) is 5.95. The zero-order valence-electron chi connectivity index (χ0n) is 24.9. The van der Waals surface area contributed by atoms with Crippen molar-refractivity contribution < 1.29 is 37.7 Å². The standard InChI is InChI=1S/C33H31NO9S/c1-18(33-23(35)17-28(36)44-33)19-6-9-21(10-7-19)34-12-13-42-32-30(37)29-26(41-5)15-22(38-2)16-27(29)43-31(32)20-8-11-24(39-3)25(14-20)40-4/h6-11,14-16,34H,12-13,17H2,1-5H3/b33-18-. The summed E-state index contributed by atoms with van der Waals surface area (Å²) in [5, 5.41) is 3.37. The molecule has 228 valence electrons. The van der Waals surface area contributed by atoms with E-state index in [1.807, 2.05) is 31.2 Å². The first-order valence-electron chi connectivity index (χ1n) is 13.6. The number of thioether (sulfide) groups is 1. The number of anilines is 1. The Kier molecular flexibility index (Phi) is 9.15. The summed E-state index contributed by atoms with van der Waals surface area (Å²) in [5.41, 5.74) is 2.87. The van der Waals surface area contributed by atoms with Crippen LogP contribution < -0.4 is 34.4 Å². The third kappa shape index (κ3) is 6.09. The second-order valence-corrected chi connectivity index (χ2v) is 10.8. The number of carbonyl (C=O) groups is 2. The van der Waals surface area contributed by atoms with E-state index in [2.05, 4.69) is 5.32 Å². The number of hydrogen-bond acceptors (Lipinski definition) is 11. The number of rotatable bonds is 11. The molecule has 44 heavy (non-hydrogen) atoms. The lowest BCUT2D eigenvalue weighted by molar-refractivity contribution is -0.119. The van der Waals surface area contributed by atoms with Crippen molar-refractivity contribution in [2.75, 3.05) is 46.9 Å². The van der Waals surface area contributed by atoms with Crippen LogP contribution in [-0.4, -0.2) is 52.5 Å². The fourth-order valence-corrected chi connectivity index (χ4v) is 5.73. The Morgan fingerprint density at radius 2 is 1.59 bits per heavy atom. The van der Waals surface area contributed by atoms with Crippen molar-refractivity contribution in [3.05, 3.63) is 75.3 Å². The molecule has 4 aromatic rings. The normalized spacial score (nSPS) is 14.0. The summed E-state index contributed by atoms with van der Waals surface area (Å²) in [7, 11) is 6.04. The lowest BCUT2D eigenvalue weighted by atomic mass is 10.0. The first-order valence-corrected chi connectivity index (χ1v) is 14.5. The fraction of sp³-hybridized carbons (Fsp3) is 0.242. The Balaban J connectivity index is 1.41. The van der Waals surface area contributed by atoms with E-state index in [9.17, 15) is 14.4 Å². The molecule has 0 spiro atoms. The monoisotopic (exact) mass is 617 g/mol. The fourth-order valence-electron chi connectivity index (χ4n) is 4.84. The van der Waals surface area contributed by atoms with Gasteiger partial charge < -0.3 is 33.4 Å². The van der Waals surface area contributed by atoms with Crippen molar-refractivity contribution in [3.63, 3.8) is 0 Å². The zero-order chi connectivity index (χ0) is 31.4. The Morgan fingerprint density at radius 1 is 0.864 bits per heavy atom. The Morgan fingerprint density at radius 3 is 2.23 bits per heavy atom. The van der Waals surface area contributed by atoms with E-state index in [1.165, 1.54) is 28.4 Å². The number of allylic oxidation sites excluding steroid dienone is 2. The molecule has 1 aromatic heterocycles. The Hall–Kier alpha value is -4.90. The van der Waals surface area contributed by atoms with Crippen LogP contribution in [0.25, 0.3) is 27.9 Å². The smallest absolute Gasteiger partial charge is 0.239 e. The van der Waals surface area contributed by atoms with Crippen LogP contribution in [0, 0.1) is 0 Å². The maximum Gasteiger partial charge on any atom is 0.239 e. The van der Waals surface area contributed by atoms with Crippen LogP contribution in [0.1, 0.15) is 18.9 Å². The first kappa shape index (κ1) is 30.6. The average molecular weight is 618 g/mol. The second kappa shape index (κ2) is 13.2. The number of hydrogen-bond donors (Lipinski definition) is 1.